The summed E-state index contributed by atoms with van der Waals surface area (Å²) in [5.41, 5.74) is 18.3. The lowest BCUT2D eigenvalue weighted by molar-refractivity contribution is 0.158. The molecular weight excluding hydrogens is 1130 g/mol. The van der Waals surface area contributed by atoms with E-state index < -0.39 is 0 Å². The molecule has 0 saturated carbocycles. The number of hydrogen-bond donors (Lipinski definition) is 0. The lowest BCUT2D eigenvalue weighted by Gasteiger charge is -2.53. The predicted octanol–water partition coefficient (Wildman–Crippen LogP) is 26.4. The fourth-order valence-corrected chi connectivity index (χ4v) is 19.0. The van der Waals surface area contributed by atoms with Gasteiger partial charge in [0.1, 0.15) is 5.69 Å². The lowest BCUT2D eigenvalue weighted by Crippen LogP contribution is -2.51. The van der Waals surface area contributed by atoms with Gasteiger partial charge in [0.15, 0.2) is 5.82 Å². The van der Waals surface area contributed by atoms with E-state index in [0.717, 1.165) is 96.8 Å². The van der Waals surface area contributed by atoms with Crippen molar-refractivity contribution in [3.8, 4) is 22.6 Å². The number of aryl methyl sites for hydroxylation is 1. The highest BCUT2D eigenvalue weighted by molar-refractivity contribution is 6.03. The van der Waals surface area contributed by atoms with Gasteiger partial charge in [-0.05, 0) is 158 Å². The van der Waals surface area contributed by atoms with Crippen molar-refractivity contribution in [3.63, 3.8) is 0 Å². The zero-order valence-electron chi connectivity index (χ0n) is 60.7. The molecule has 0 aliphatic heterocycles. The minimum absolute atomic E-state index is 0.0252. The van der Waals surface area contributed by atoms with E-state index >= 15 is 0 Å². The highest BCUT2D eigenvalue weighted by Crippen LogP contribution is 2.60. The molecule has 1 atom stereocenters. The number of pyridine rings is 2. The normalized spacial score (nSPS) is 14.1. The van der Waals surface area contributed by atoms with Crippen LogP contribution < -0.4 is 0 Å². The molecule has 1 unspecified atom stereocenters. The Morgan fingerprint density at radius 2 is 0.849 bits per heavy atom. The Bertz CT molecular complexity index is 3680. The lowest BCUT2D eigenvalue weighted by atomic mass is 9.51. The van der Waals surface area contributed by atoms with Crippen LogP contribution in [0.3, 0.4) is 0 Å². The van der Waals surface area contributed by atoms with Crippen molar-refractivity contribution < 1.29 is 0 Å². The summed E-state index contributed by atoms with van der Waals surface area (Å²) in [5.74, 6) is 0.725. The maximum absolute atomic E-state index is 6.07. The standard InChI is InChI=1S/C89H120N4/c1-15-27-29-31-33-35-60-85(61-36-34-32-30-28-16-2)76-63-66(13)39-54-74(76)75-55-53-73(64-77(75)85)86(20-6,21-7)87(22-8,23-9)79-65-80(93-83(92-79)78-56-48-70-47-46-69-38-37-62-90-81(69)82(70)91-78)88(24-10,25-11)89(26-12,59-19-5)72-51-44-68(45-52-72)41-40-67-42-49-71(50-43-67)84(14,57-17-3)58-18-4/h37-56,62-65H,15-36,57-61H2,1-14H3/b41-40+. The highest BCUT2D eigenvalue weighted by atomic mass is 15.0. The third-order valence-electron chi connectivity index (χ3n) is 24.2. The first-order valence-corrected chi connectivity index (χ1v) is 37.9. The third-order valence-corrected chi connectivity index (χ3v) is 24.2. The van der Waals surface area contributed by atoms with Crippen molar-refractivity contribution in [1.82, 2.24) is 19.9 Å². The topological polar surface area (TPSA) is 51.6 Å². The molecular formula is C89H120N4. The molecule has 8 aromatic rings. The van der Waals surface area contributed by atoms with Gasteiger partial charge in [-0.25, -0.2) is 15.0 Å². The number of rotatable bonds is 37. The molecule has 3 aromatic heterocycles. The first-order valence-electron chi connectivity index (χ1n) is 37.9. The van der Waals surface area contributed by atoms with Crippen LogP contribution in [0.15, 0.2) is 134 Å². The Hall–Kier alpha value is -6.26. The van der Waals surface area contributed by atoms with Crippen molar-refractivity contribution in [2.24, 2.45) is 0 Å². The molecule has 4 heteroatoms. The third kappa shape index (κ3) is 13.8. The molecule has 0 radical (unpaired) electrons. The zero-order valence-corrected chi connectivity index (χ0v) is 60.7. The van der Waals surface area contributed by atoms with Crippen LogP contribution in [0, 0.1) is 6.92 Å². The van der Waals surface area contributed by atoms with Gasteiger partial charge >= 0.3 is 0 Å². The maximum Gasteiger partial charge on any atom is 0.178 e. The molecule has 1 aliphatic rings. The molecule has 0 saturated heterocycles. The Kier molecular flexibility index (Phi) is 24.4. The van der Waals surface area contributed by atoms with Crippen LogP contribution in [-0.4, -0.2) is 19.9 Å². The molecule has 4 nitrogen and oxygen atoms in total. The fraction of sp³-hybridized carbons (Fsp3) is 0.528. The second-order valence-electron chi connectivity index (χ2n) is 29.0. The van der Waals surface area contributed by atoms with E-state index in [1.165, 1.54) is 166 Å². The van der Waals surface area contributed by atoms with E-state index in [1.807, 2.05) is 12.3 Å². The predicted molar refractivity (Wildman–Crippen MR) is 404 cm³/mol. The van der Waals surface area contributed by atoms with E-state index in [9.17, 15) is 0 Å². The van der Waals surface area contributed by atoms with Crippen LogP contribution in [-0.2, 0) is 32.5 Å². The Morgan fingerprint density at radius 3 is 1.38 bits per heavy atom. The molecule has 9 rings (SSSR count). The smallest absolute Gasteiger partial charge is 0.178 e. The minimum Gasteiger partial charge on any atom is -0.254 e. The van der Waals surface area contributed by atoms with Crippen LogP contribution in [0.25, 0.3) is 56.6 Å². The van der Waals surface area contributed by atoms with Gasteiger partial charge in [-0.2, -0.15) is 0 Å². The number of aromatic nitrogens is 4. The van der Waals surface area contributed by atoms with Gasteiger partial charge in [0.25, 0.3) is 0 Å². The summed E-state index contributed by atoms with van der Waals surface area (Å²) in [6.07, 6.45) is 38.3. The first kappa shape index (κ1) is 71.0. The Morgan fingerprint density at radius 1 is 0.387 bits per heavy atom. The van der Waals surface area contributed by atoms with Gasteiger partial charge in [0.05, 0.1) is 22.4 Å². The monoisotopic (exact) mass is 1240 g/mol. The molecule has 93 heavy (non-hydrogen) atoms. The summed E-state index contributed by atoms with van der Waals surface area (Å²) in [7, 11) is 0. The van der Waals surface area contributed by atoms with Crippen molar-refractivity contribution >= 4 is 34.0 Å². The molecule has 1 aliphatic carbocycles. The van der Waals surface area contributed by atoms with Crippen molar-refractivity contribution in [2.45, 2.75) is 303 Å². The number of hydrogen-bond acceptors (Lipinski definition) is 4. The van der Waals surface area contributed by atoms with Gasteiger partial charge in [-0.3, -0.25) is 4.98 Å². The second-order valence-corrected chi connectivity index (χ2v) is 29.0. The summed E-state index contributed by atoms with van der Waals surface area (Å²) < 4.78 is 0. The molecule has 3 heterocycles. The van der Waals surface area contributed by atoms with Gasteiger partial charge in [-0.15, -0.1) is 0 Å². The summed E-state index contributed by atoms with van der Waals surface area (Å²) in [6, 6.07) is 50.1. The number of nitrogens with zero attached hydrogens (tertiary/aromatic N) is 4. The molecule has 0 bridgehead atoms. The molecule has 5 aromatic carbocycles. The van der Waals surface area contributed by atoms with Crippen LogP contribution in [0.5, 0.6) is 0 Å². The zero-order chi connectivity index (χ0) is 66.3. The molecule has 0 fully saturated rings. The number of unbranched alkanes of at least 4 members (excludes halogenated alkanes) is 10. The van der Waals surface area contributed by atoms with Crippen molar-refractivity contribution in [3.05, 3.63) is 189 Å². The van der Waals surface area contributed by atoms with Crippen LogP contribution in [0.4, 0.5) is 0 Å². The average Bonchev–Trinajstić information content (AvgIpc) is 1.69. The van der Waals surface area contributed by atoms with Crippen LogP contribution in [0.1, 0.15) is 319 Å². The average molecular weight is 1250 g/mol. The van der Waals surface area contributed by atoms with E-state index in [4.69, 9.17) is 19.9 Å². The van der Waals surface area contributed by atoms with E-state index in [-0.39, 0.29) is 32.5 Å². The first-order chi connectivity index (χ1) is 45.2. The van der Waals surface area contributed by atoms with Gasteiger partial charge < -0.3 is 0 Å². The van der Waals surface area contributed by atoms with Gasteiger partial charge in [0, 0.05) is 44.0 Å². The summed E-state index contributed by atoms with van der Waals surface area (Å²) in [6.45, 7) is 33.8. The minimum atomic E-state index is -0.364. The largest absolute Gasteiger partial charge is 0.254 e. The van der Waals surface area contributed by atoms with E-state index in [1.54, 1.807) is 11.1 Å². The van der Waals surface area contributed by atoms with Crippen molar-refractivity contribution in [1.29, 1.82) is 0 Å². The molecule has 0 spiro atoms. The fourth-order valence-electron chi connectivity index (χ4n) is 19.0. The SMILES string of the molecule is CCCCCCCCC1(CCCCCCCC)c2cc(C)ccc2-c2ccc(C(CC)(CC)C(CC)(CC)c3cc(C(CC)(CC)C(CC)(CCC)c4ccc(/C=C/c5ccc(C(C)(CCC)CCC)cc5)cc4)nc(-c4ccc5ccc6cccnc6c5n4)n3)cc21. The Labute approximate surface area is 565 Å². The Balaban J connectivity index is 1.23. The van der Waals surface area contributed by atoms with Crippen LogP contribution in [0.2, 0.25) is 0 Å². The maximum atomic E-state index is 6.07. The molecule has 0 N–H and O–H groups in total. The molecule has 0 amide bonds. The summed E-state index contributed by atoms with van der Waals surface area (Å²) in [5, 5.41) is 2.16. The van der Waals surface area contributed by atoms with Crippen LogP contribution >= 0.6 is 0 Å². The van der Waals surface area contributed by atoms with Crippen molar-refractivity contribution in [2.75, 3.05) is 0 Å². The second kappa shape index (κ2) is 32.0. The summed E-state index contributed by atoms with van der Waals surface area (Å²) in [4.78, 5) is 22.7. The number of benzene rings is 5. The number of fused-ring (bicyclic) bond motifs is 6. The van der Waals surface area contributed by atoms with E-state index in [0.29, 0.717) is 0 Å². The van der Waals surface area contributed by atoms with Gasteiger partial charge in [-0.1, -0.05) is 313 Å². The quantitative estimate of drug-likeness (QED) is 0.0221. The summed E-state index contributed by atoms with van der Waals surface area (Å²) >= 11 is 0. The van der Waals surface area contributed by atoms with Gasteiger partial charge in [0.2, 0.25) is 0 Å². The highest BCUT2D eigenvalue weighted by Gasteiger charge is 2.55. The van der Waals surface area contributed by atoms with E-state index in [2.05, 4.69) is 230 Å². The molecule has 496 valence electrons.